The maximum absolute atomic E-state index is 12.7. The fourth-order valence-electron chi connectivity index (χ4n) is 4.07. The minimum absolute atomic E-state index is 0. The number of piperidine rings is 1. The van der Waals surface area contributed by atoms with Gasteiger partial charge in [-0.3, -0.25) is 9.69 Å². The first-order valence-electron chi connectivity index (χ1n) is 9.41. The quantitative estimate of drug-likeness (QED) is 0.720. The molecule has 2 fully saturated rings. The molecule has 150 valence electrons. The number of nitrogens with one attached hydrogen (secondary N) is 1. The molecule has 2 heterocycles. The van der Waals surface area contributed by atoms with E-state index in [4.69, 9.17) is 0 Å². The molecule has 7 heteroatoms. The number of halogens is 2. The van der Waals surface area contributed by atoms with Crippen molar-refractivity contribution in [3.63, 3.8) is 0 Å². The molecule has 0 bridgehead atoms. The molecule has 2 saturated heterocycles. The lowest BCUT2D eigenvalue weighted by Crippen LogP contribution is -2.56. The van der Waals surface area contributed by atoms with Crippen LogP contribution in [-0.2, 0) is 4.79 Å². The van der Waals surface area contributed by atoms with Crippen molar-refractivity contribution in [3.8, 4) is 0 Å². The van der Waals surface area contributed by atoms with Crippen LogP contribution < -0.4 is 5.32 Å². The van der Waals surface area contributed by atoms with Gasteiger partial charge in [0.1, 0.15) is 0 Å². The highest BCUT2D eigenvalue weighted by molar-refractivity contribution is 5.85. The van der Waals surface area contributed by atoms with E-state index in [1.165, 1.54) is 12.8 Å². The molecule has 2 aliphatic heterocycles. The summed E-state index contributed by atoms with van der Waals surface area (Å²) in [5.74, 6) is 1.50. The minimum atomic E-state index is -0.300. The van der Waals surface area contributed by atoms with Gasteiger partial charge in [-0.25, -0.2) is 0 Å². The van der Waals surface area contributed by atoms with Gasteiger partial charge in [-0.2, -0.15) is 0 Å². The van der Waals surface area contributed by atoms with Crippen LogP contribution in [0.3, 0.4) is 0 Å². The van der Waals surface area contributed by atoms with E-state index in [0.717, 1.165) is 39.1 Å². The summed E-state index contributed by atoms with van der Waals surface area (Å²) in [5, 5.41) is 13.0. The van der Waals surface area contributed by atoms with E-state index in [2.05, 4.69) is 29.0 Å². The Morgan fingerprint density at radius 3 is 2.40 bits per heavy atom. The number of hydrogen-bond donors (Lipinski definition) is 2. The molecule has 3 atom stereocenters. The molecular weight excluding hydrogens is 361 g/mol. The van der Waals surface area contributed by atoms with Gasteiger partial charge in [-0.15, -0.1) is 24.8 Å². The zero-order valence-electron chi connectivity index (χ0n) is 15.9. The second-order valence-electron chi connectivity index (χ2n) is 7.51. The van der Waals surface area contributed by atoms with Crippen molar-refractivity contribution in [2.45, 2.75) is 58.6 Å². The number of amides is 1. The summed E-state index contributed by atoms with van der Waals surface area (Å²) in [7, 11) is 0. The molecule has 25 heavy (non-hydrogen) atoms. The summed E-state index contributed by atoms with van der Waals surface area (Å²) < 4.78 is 0. The maximum Gasteiger partial charge on any atom is 0.222 e. The number of β-amino-alcohol motifs (C(OH)–C–C–N with tert-alkyl or cyclic N) is 1. The van der Waals surface area contributed by atoms with Crippen LogP contribution in [0.2, 0.25) is 0 Å². The van der Waals surface area contributed by atoms with Crippen LogP contribution >= 0.6 is 24.8 Å². The lowest BCUT2D eigenvalue weighted by atomic mass is 9.84. The number of aliphatic hydroxyl groups is 1. The van der Waals surface area contributed by atoms with Crippen molar-refractivity contribution in [2.75, 3.05) is 39.3 Å². The Bertz CT molecular complexity index is 379. The molecule has 5 nitrogen and oxygen atoms in total. The third-order valence-electron chi connectivity index (χ3n) is 5.61. The maximum atomic E-state index is 12.7. The zero-order valence-corrected chi connectivity index (χ0v) is 17.6. The first-order valence-corrected chi connectivity index (χ1v) is 9.41. The fourth-order valence-corrected chi connectivity index (χ4v) is 4.07. The van der Waals surface area contributed by atoms with Crippen LogP contribution in [0.5, 0.6) is 0 Å². The van der Waals surface area contributed by atoms with Crippen LogP contribution in [0.4, 0.5) is 0 Å². The molecule has 0 aromatic carbocycles. The highest BCUT2D eigenvalue weighted by Crippen LogP contribution is 2.25. The van der Waals surface area contributed by atoms with Crippen molar-refractivity contribution in [1.29, 1.82) is 0 Å². The summed E-state index contributed by atoms with van der Waals surface area (Å²) in [5.41, 5.74) is 0. The van der Waals surface area contributed by atoms with Crippen LogP contribution in [0.1, 0.15) is 46.5 Å². The van der Waals surface area contributed by atoms with E-state index in [1.807, 2.05) is 6.92 Å². The van der Waals surface area contributed by atoms with Gasteiger partial charge in [0.15, 0.2) is 0 Å². The topological polar surface area (TPSA) is 55.8 Å². The largest absolute Gasteiger partial charge is 0.392 e. The molecule has 3 unspecified atom stereocenters. The highest BCUT2D eigenvalue weighted by atomic mass is 35.5. The Morgan fingerprint density at radius 2 is 1.84 bits per heavy atom. The Morgan fingerprint density at radius 1 is 1.20 bits per heavy atom. The molecule has 2 aliphatic rings. The molecule has 0 aromatic heterocycles. The Balaban J connectivity index is 0.00000288. The Kier molecular flexibility index (Phi) is 12.3. The predicted octanol–water partition coefficient (Wildman–Crippen LogP) is 2.16. The van der Waals surface area contributed by atoms with Gasteiger partial charge >= 0.3 is 0 Å². The average Bonchev–Trinajstić information content (AvgIpc) is 2.55. The number of carbonyl (C=O) groups is 1. The van der Waals surface area contributed by atoms with E-state index in [0.29, 0.717) is 36.8 Å². The molecule has 2 N–H and O–H groups in total. The lowest BCUT2D eigenvalue weighted by Gasteiger charge is -2.42. The summed E-state index contributed by atoms with van der Waals surface area (Å²) >= 11 is 0. The van der Waals surface area contributed by atoms with Crippen molar-refractivity contribution in [3.05, 3.63) is 0 Å². The van der Waals surface area contributed by atoms with Crippen molar-refractivity contribution < 1.29 is 9.90 Å². The standard InChI is InChI=1S/C18H35N3O2.2ClH/c1-4-17-13-21(10-9-20(17)12-15(3)22)18(23)11-14(2)16-5-7-19-8-6-16;;/h14-17,19,22H,4-13H2,1-3H3;2*1H. The Hall–Kier alpha value is -0.0700. The van der Waals surface area contributed by atoms with Gasteiger partial charge in [-0.05, 0) is 51.1 Å². The first-order chi connectivity index (χ1) is 11.0. The van der Waals surface area contributed by atoms with Crippen molar-refractivity contribution >= 4 is 30.7 Å². The van der Waals surface area contributed by atoms with Gasteiger partial charge in [0, 0.05) is 38.6 Å². The molecule has 0 spiro atoms. The number of nitrogens with zero attached hydrogens (tertiary/aromatic N) is 2. The first kappa shape index (κ1) is 24.9. The van der Waals surface area contributed by atoms with Gasteiger partial charge < -0.3 is 15.3 Å². The number of hydrogen-bond acceptors (Lipinski definition) is 4. The molecular formula is C18H37Cl2N3O2. The van der Waals surface area contributed by atoms with Crippen molar-refractivity contribution in [1.82, 2.24) is 15.1 Å². The van der Waals surface area contributed by atoms with E-state index >= 15 is 0 Å². The Labute approximate surface area is 165 Å². The summed E-state index contributed by atoms with van der Waals surface area (Å²) in [6, 6.07) is 0.386. The van der Waals surface area contributed by atoms with Crippen LogP contribution in [0, 0.1) is 11.8 Å². The SMILES string of the molecule is CCC1CN(C(=O)CC(C)C2CCNCC2)CCN1CC(C)O.Cl.Cl. The fraction of sp³-hybridized carbons (Fsp3) is 0.944. The van der Waals surface area contributed by atoms with Crippen LogP contribution in [0.15, 0.2) is 0 Å². The summed E-state index contributed by atoms with van der Waals surface area (Å²) in [6.07, 6.45) is 3.83. The van der Waals surface area contributed by atoms with E-state index in [-0.39, 0.29) is 30.9 Å². The normalized spacial score (nSPS) is 24.8. The third kappa shape index (κ3) is 7.59. The molecule has 1 amide bonds. The number of rotatable bonds is 6. The van der Waals surface area contributed by atoms with Gasteiger partial charge in [0.2, 0.25) is 5.91 Å². The number of piperazine rings is 1. The van der Waals surface area contributed by atoms with Gasteiger partial charge in [-0.1, -0.05) is 13.8 Å². The lowest BCUT2D eigenvalue weighted by molar-refractivity contribution is -0.136. The van der Waals surface area contributed by atoms with Crippen LogP contribution in [-0.4, -0.2) is 72.2 Å². The third-order valence-corrected chi connectivity index (χ3v) is 5.61. The van der Waals surface area contributed by atoms with Crippen LogP contribution in [0.25, 0.3) is 0 Å². The van der Waals surface area contributed by atoms with E-state index in [9.17, 15) is 9.90 Å². The van der Waals surface area contributed by atoms with Gasteiger partial charge in [0.05, 0.1) is 6.10 Å². The predicted molar refractivity (Wildman–Crippen MR) is 108 cm³/mol. The number of aliphatic hydroxyl groups excluding tert-OH is 1. The molecule has 0 saturated carbocycles. The summed E-state index contributed by atoms with van der Waals surface area (Å²) in [6.45, 7) is 11.7. The number of carbonyl (C=O) groups excluding carboxylic acids is 1. The summed E-state index contributed by atoms with van der Waals surface area (Å²) in [4.78, 5) is 17.1. The van der Waals surface area contributed by atoms with E-state index in [1.54, 1.807) is 0 Å². The molecule has 2 rings (SSSR count). The monoisotopic (exact) mass is 397 g/mol. The second-order valence-corrected chi connectivity index (χ2v) is 7.51. The van der Waals surface area contributed by atoms with Gasteiger partial charge in [0.25, 0.3) is 0 Å². The minimum Gasteiger partial charge on any atom is -0.392 e. The highest BCUT2D eigenvalue weighted by Gasteiger charge is 2.30. The average molecular weight is 398 g/mol. The smallest absolute Gasteiger partial charge is 0.222 e. The zero-order chi connectivity index (χ0) is 16.8. The van der Waals surface area contributed by atoms with Crippen molar-refractivity contribution in [2.24, 2.45) is 11.8 Å². The molecule has 0 aromatic rings. The molecule has 0 radical (unpaired) electrons. The van der Waals surface area contributed by atoms with E-state index < -0.39 is 0 Å². The molecule has 0 aliphatic carbocycles. The second kappa shape index (κ2) is 12.3.